The second-order valence-electron chi connectivity index (χ2n) is 6.75. The van der Waals surface area contributed by atoms with Crippen LogP contribution < -0.4 is 5.32 Å². The average molecular weight is 279 g/mol. The van der Waals surface area contributed by atoms with E-state index in [4.69, 9.17) is 0 Å². The first-order chi connectivity index (χ1) is 10.3. The lowest BCUT2D eigenvalue weighted by molar-refractivity contribution is -0.117. The van der Waals surface area contributed by atoms with Crippen LogP contribution in [0.2, 0.25) is 0 Å². The summed E-state index contributed by atoms with van der Waals surface area (Å²) in [6.45, 7) is 0. The molecule has 2 saturated carbocycles. The molecule has 0 aliphatic heterocycles. The number of benzene rings is 2. The Bertz CT molecular complexity index is 678. The van der Waals surface area contributed by atoms with E-state index in [0.717, 1.165) is 17.5 Å². The molecule has 0 aromatic heterocycles. The lowest BCUT2D eigenvalue weighted by atomic mass is 9.86. The third-order valence-electron chi connectivity index (χ3n) is 5.37. The van der Waals surface area contributed by atoms with Crippen LogP contribution in [0.25, 0.3) is 10.8 Å². The third-order valence-corrected chi connectivity index (χ3v) is 5.37. The van der Waals surface area contributed by atoms with Crippen LogP contribution in [0.5, 0.6) is 0 Å². The van der Waals surface area contributed by atoms with E-state index < -0.39 is 0 Å². The van der Waals surface area contributed by atoms with E-state index in [1.165, 1.54) is 36.5 Å². The standard InChI is InChI=1S/C19H21NO/c21-19(12-17-10-13-5-6-16(17)9-13)20-18-8-7-14-3-1-2-4-15(14)11-18/h1-4,7-8,11,13,16-17H,5-6,9-10,12H2,(H,20,21). The highest BCUT2D eigenvalue weighted by Gasteiger charge is 2.40. The zero-order valence-corrected chi connectivity index (χ0v) is 12.2. The van der Waals surface area contributed by atoms with Gasteiger partial charge in [0.2, 0.25) is 5.91 Å². The van der Waals surface area contributed by atoms with Crippen molar-refractivity contribution in [2.45, 2.75) is 32.1 Å². The van der Waals surface area contributed by atoms with E-state index in [2.05, 4.69) is 29.6 Å². The van der Waals surface area contributed by atoms with Crippen molar-refractivity contribution in [2.24, 2.45) is 17.8 Å². The largest absolute Gasteiger partial charge is 0.326 e. The molecule has 3 atom stereocenters. The topological polar surface area (TPSA) is 29.1 Å². The van der Waals surface area contributed by atoms with E-state index in [0.29, 0.717) is 12.3 Å². The number of hydrogen-bond donors (Lipinski definition) is 1. The number of hydrogen-bond acceptors (Lipinski definition) is 1. The fourth-order valence-electron chi connectivity index (χ4n) is 4.34. The Hall–Kier alpha value is -1.83. The quantitative estimate of drug-likeness (QED) is 0.873. The van der Waals surface area contributed by atoms with Gasteiger partial charge in [0.25, 0.3) is 0 Å². The van der Waals surface area contributed by atoms with E-state index in [-0.39, 0.29) is 5.91 Å². The SMILES string of the molecule is O=C(CC1CC2CCC1C2)Nc1ccc2ccccc2c1. The van der Waals surface area contributed by atoms with E-state index in [1.54, 1.807) is 0 Å². The number of nitrogens with one attached hydrogen (secondary N) is 1. The molecule has 2 fully saturated rings. The molecule has 0 heterocycles. The highest BCUT2D eigenvalue weighted by Crippen LogP contribution is 2.49. The number of anilines is 1. The Morgan fingerprint density at radius 3 is 2.67 bits per heavy atom. The van der Waals surface area contributed by atoms with Gasteiger partial charge >= 0.3 is 0 Å². The molecular weight excluding hydrogens is 258 g/mol. The summed E-state index contributed by atoms with van der Waals surface area (Å²) in [5.41, 5.74) is 0.918. The minimum atomic E-state index is 0.183. The second kappa shape index (κ2) is 5.18. The summed E-state index contributed by atoms with van der Waals surface area (Å²) in [6, 6.07) is 14.4. The van der Waals surface area contributed by atoms with Crippen LogP contribution in [0.1, 0.15) is 32.1 Å². The molecule has 2 aromatic rings. The van der Waals surface area contributed by atoms with Crippen molar-refractivity contribution < 1.29 is 4.79 Å². The van der Waals surface area contributed by atoms with Gasteiger partial charge in [-0.2, -0.15) is 0 Å². The van der Waals surface area contributed by atoms with Gasteiger partial charge in [-0.3, -0.25) is 4.79 Å². The first kappa shape index (κ1) is 12.9. The van der Waals surface area contributed by atoms with Gasteiger partial charge in [-0.05, 0) is 59.9 Å². The number of carbonyl (C=O) groups is 1. The molecule has 2 aliphatic rings. The van der Waals surface area contributed by atoms with Gasteiger partial charge in [0, 0.05) is 12.1 Å². The minimum Gasteiger partial charge on any atom is -0.326 e. The number of rotatable bonds is 3. The van der Waals surface area contributed by atoms with E-state index in [1.807, 2.05) is 18.2 Å². The van der Waals surface area contributed by atoms with Crippen molar-refractivity contribution in [3.63, 3.8) is 0 Å². The summed E-state index contributed by atoms with van der Waals surface area (Å²) in [5, 5.41) is 5.47. The number of amides is 1. The third kappa shape index (κ3) is 2.55. The predicted octanol–water partition coefficient (Wildman–Crippen LogP) is 4.60. The van der Waals surface area contributed by atoms with Crippen LogP contribution >= 0.6 is 0 Å². The molecule has 2 heteroatoms. The van der Waals surface area contributed by atoms with Crippen molar-refractivity contribution in [1.82, 2.24) is 0 Å². The summed E-state index contributed by atoms with van der Waals surface area (Å²) >= 11 is 0. The summed E-state index contributed by atoms with van der Waals surface area (Å²) in [5.74, 6) is 2.54. The molecular formula is C19H21NO. The van der Waals surface area contributed by atoms with Gasteiger partial charge in [-0.25, -0.2) is 0 Å². The van der Waals surface area contributed by atoms with Crippen LogP contribution in [0.4, 0.5) is 5.69 Å². The van der Waals surface area contributed by atoms with Crippen LogP contribution in [-0.2, 0) is 4.79 Å². The van der Waals surface area contributed by atoms with Crippen molar-refractivity contribution in [3.05, 3.63) is 42.5 Å². The maximum Gasteiger partial charge on any atom is 0.224 e. The van der Waals surface area contributed by atoms with Gasteiger partial charge in [0.05, 0.1) is 0 Å². The Labute approximate surface area is 125 Å². The lowest BCUT2D eigenvalue weighted by Crippen LogP contribution is -2.20. The molecule has 2 aliphatic carbocycles. The van der Waals surface area contributed by atoms with Crippen molar-refractivity contribution in [2.75, 3.05) is 5.32 Å². The molecule has 0 saturated heterocycles. The first-order valence-corrected chi connectivity index (χ1v) is 8.06. The van der Waals surface area contributed by atoms with Gasteiger partial charge < -0.3 is 5.32 Å². The van der Waals surface area contributed by atoms with Crippen LogP contribution in [0.15, 0.2) is 42.5 Å². The fraction of sp³-hybridized carbons (Fsp3) is 0.421. The molecule has 2 aromatic carbocycles. The molecule has 4 rings (SSSR count). The van der Waals surface area contributed by atoms with Crippen LogP contribution in [-0.4, -0.2) is 5.91 Å². The lowest BCUT2D eigenvalue weighted by Gasteiger charge is -2.20. The van der Waals surface area contributed by atoms with Crippen molar-refractivity contribution in [3.8, 4) is 0 Å². The van der Waals surface area contributed by atoms with Gasteiger partial charge in [0.1, 0.15) is 0 Å². The summed E-state index contributed by atoms with van der Waals surface area (Å²) < 4.78 is 0. The molecule has 2 nitrogen and oxygen atoms in total. The van der Waals surface area contributed by atoms with Crippen molar-refractivity contribution in [1.29, 1.82) is 0 Å². The zero-order valence-electron chi connectivity index (χ0n) is 12.2. The van der Waals surface area contributed by atoms with Gasteiger partial charge in [0.15, 0.2) is 0 Å². The maximum absolute atomic E-state index is 12.3. The summed E-state index contributed by atoms with van der Waals surface area (Å²) in [4.78, 5) is 12.3. The maximum atomic E-state index is 12.3. The highest BCUT2D eigenvalue weighted by atomic mass is 16.1. The smallest absolute Gasteiger partial charge is 0.224 e. The van der Waals surface area contributed by atoms with Crippen molar-refractivity contribution >= 4 is 22.4 Å². The second-order valence-corrected chi connectivity index (χ2v) is 6.75. The first-order valence-electron chi connectivity index (χ1n) is 8.06. The Kier molecular flexibility index (Phi) is 3.17. The van der Waals surface area contributed by atoms with E-state index >= 15 is 0 Å². The highest BCUT2D eigenvalue weighted by molar-refractivity contribution is 5.94. The number of carbonyl (C=O) groups excluding carboxylic acids is 1. The molecule has 0 radical (unpaired) electrons. The zero-order chi connectivity index (χ0) is 14.2. The average Bonchev–Trinajstić information content (AvgIpc) is 3.09. The normalized spacial score (nSPS) is 27.1. The Morgan fingerprint density at radius 2 is 1.90 bits per heavy atom. The molecule has 0 spiro atoms. The Balaban J connectivity index is 1.43. The summed E-state index contributed by atoms with van der Waals surface area (Å²) in [6.07, 6.45) is 6.09. The molecule has 3 unspecified atom stereocenters. The Morgan fingerprint density at radius 1 is 1.05 bits per heavy atom. The molecule has 1 N–H and O–H groups in total. The molecule has 21 heavy (non-hydrogen) atoms. The fourth-order valence-corrected chi connectivity index (χ4v) is 4.34. The van der Waals surface area contributed by atoms with Gasteiger partial charge in [-0.15, -0.1) is 0 Å². The molecule has 2 bridgehead atoms. The van der Waals surface area contributed by atoms with Gasteiger partial charge in [-0.1, -0.05) is 36.8 Å². The minimum absolute atomic E-state index is 0.183. The van der Waals surface area contributed by atoms with Crippen LogP contribution in [0, 0.1) is 17.8 Å². The summed E-state index contributed by atoms with van der Waals surface area (Å²) in [7, 11) is 0. The van der Waals surface area contributed by atoms with Crippen LogP contribution in [0.3, 0.4) is 0 Å². The monoisotopic (exact) mass is 279 g/mol. The molecule has 1 amide bonds. The molecule has 108 valence electrons. The predicted molar refractivity (Wildman–Crippen MR) is 86.1 cm³/mol. The number of fused-ring (bicyclic) bond motifs is 3. The van der Waals surface area contributed by atoms with E-state index in [9.17, 15) is 4.79 Å².